The largest absolute Gasteiger partial charge is 0.493 e. The molecule has 2 N–H and O–H groups in total. The summed E-state index contributed by atoms with van der Waals surface area (Å²) in [5, 5.41) is 0. The monoisotopic (exact) mass is 233 g/mol. The van der Waals surface area contributed by atoms with Gasteiger partial charge in [0.25, 0.3) is 0 Å². The van der Waals surface area contributed by atoms with Gasteiger partial charge >= 0.3 is 0 Å². The SMILES string of the molecule is COc1cccc(CC2(N)CC2)c1OC1CC1. The zero-order chi connectivity index (χ0) is 11.9. The van der Waals surface area contributed by atoms with Gasteiger partial charge in [-0.3, -0.25) is 0 Å². The number of methoxy groups -OCH3 is 1. The van der Waals surface area contributed by atoms with E-state index in [1.807, 2.05) is 12.1 Å². The second-order valence-corrected chi connectivity index (χ2v) is 5.30. The standard InChI is InChI=1S/C14H19NO2/c1-16-12-4-2-3-10(9-14(15)7-8-14)13(12)17-11-5-6-11/h2-4,11H,5-9,15H2,1H3. The maximum atomic E-state index is 6.19. The molecule has 0 unspecified atom stereocenters. The van der Waals surface area contributed by atoms with Crippen molar-refractivity contribution < 1.29 is 9.47 Å². The Morgan fingerprint density at radius 3 is 2.71 bits per heavy atom. The lowest BCUT2D eigenvalue weighted by molar-refractivity contribution is 0.278. The molecule has 2 fully saturated rings. The average Bonchev–Trinajstić information content (AvgIpc) is 3.21. The van der Waals surface area contributed by atoms with Gasteiger partial charge in [0, 0.05) is 5.54 Å². The number of hydrogen-bond acceptors (Lipinski definition) is 3. The van der Waals surface area contributed by atoms with Crippen LogP contribution in [0.5, 0.6) is 11.5 Å². The third-order valence-corrected chi connectivity index (χ3v) is 3.52. The molecule has 1 aromatic carbocycles. The Hall–Kier alpha value is -1.22. The van der Waals surface area contributed by atoms with Crippen molar-refractivity contribution in [2.75, 3.05) is 7.11 Å². The zero-order valence-electron chi connectivity index (χ0n) is 10.2. The van der Waals surface area contributed by atoms with Gasteiger partial charge in [-0.2, -0.15) is 0 Å². The van der Waals surface area contributed by atoms with Crippen molar-refractivity contribution in [2.45, 2.75) is 43.7 Å². The van der Waals surface area contributed by atoms with Crippen molar-refractivity contribution in [1.82, 2.24) is 0 Å². The van der Waals surface area contributed by atoms with Gasteiger partial charge in [0.15, 0.2) is 11.5 Å². The number of hydrogen-bond donors (Lipinski definition) is 1. The zero-order valence-corrected chi connectivity index (χ0v) is 10.2. The summed E-state index contributed by atoms with van der Waals surface area (Å²) in [6.07, 6.45) is 5.83. The van der Waals surface area contributed by atoms with Crippen molar-refractivity contribution in [3.8, 4) is 11.5 Å². The van der Waals surface area contributed by atoms with Crippen molar-refractivity contribution in [2.24, 2.45) is 5.73 Å². The maximum Gasteiger partial charge on any atom is 0.164 e. The lowest BCUT2D eigenvalue weighted by Crippen LogP contribution is -2.25. The highest BCUT2D eigenvalue weighted by Crippen LogP contribution is 2.42. The molecule has 2 aliphatic rings. The number of para-hydroxylation sites is 1. The molecule has 0 heterocycles. The molecule has 0 radical (unpaired) electrons. The van der Waals surface area contributed by atoms with Crippen LogP contribution in [0, 0.1) is 0 Å². The first-order valence-electron chi connectivity index (χ1n) is 6.32. The Morgan fingerprint density at radius 1 is 1.35 bits per heavy atom. The fourth-order valence-electron chi connectivity index (χ4n) is 2.06. The van der Waals surface area contributed by atoms with E-state index in [2.05, 4.69) is 6.07 Å². The van der Waals surface area contributed by atoms with Crippen molar-refractivity contribution in [1.29, 1.82) is 0 Å². The average molecular weight is 233 g/mol. The Morgan fingerprint density at radius 2 is 2.12 bits per heavy atom. The molecule has 0 amide bonds. The number of ether oxygens (including phenoxy) is 2. The Labute approximate surface area is 102 Å². The fourth-order valence-corrected chi connectivity index (χ4v) is 2.06. The quantitative estimate of drug-likeness (QED) is 0.848. The van der Waals surface area contributed by atoms with E-state index in [1.54, 1.807) is 7.11 Å². The molecule has 92 valence electrons. The van der Waals surface area contributed by atoms with Crippen LogP contribution in [-0.2, 0) is 6.42 Å². The van der Waals surface area contributed by atoms with Crippen LogP contribution in [0.15, 0.2) is 18.2 Å². The molecule has 17 heavy (non-hydrogen) atoms. The van der Waals surface area contributed by atoms with Crippen LogP contribution in [0.25, 0.3) is 0 Å². The third-order valence-electron chi connectivity index (χ3n) is 3.52. The summed E-state index contributed by atoms with van der Waals surface area (Å²) in [6.45, 7) is 0. The minimum atomic E-state index is 0.00796. The van der Waals surface area contributed by atoms with E-state index in [9.17, 15) is 0 Å². The number of nitrogens with two attached hydrogens (primary N) is 1. The molecule has 0 spiro atoms. The second-order valence-electron chi connectivity index (χ2n) is 5.30. The topological polar surface area (TPSA) is 44.5 Å². The van der Waals surface area contributed by atoms with E-state index in [0.717, 1.165) is 43.6 Å². The predicted octanol–water partition coefficient (Wildman–Crippen LogP) is 2.27. The number of rotatable bonds is 5. The highest BCUT2D eigenvalue weighted by Gasteiger charge is 2.39. The van der Waals surface area contributed by atoms with Gasteiger partial charge in [0.05, 0.1) is 13.2 Å². The van der Waals surface area contributed by atoms with E-state index < -0.39 is 0 Å². The maximum absolute atomic E-state index is 6.19. The molecule has 1 aromatic rings. The first-order valence-corrected chi connectivity index (χ1v) is 6.32. The van der Waals surface area contributed by atoms with Crippen molar-refractivity contribution in [3.05, 3.63) is 23.8 Å². The van der Waals surface area contributed by atoms with Gasteiger partial charge in [0.2, 0.25) is 0 Å². The molecule has 3 heteroatoms. The summed E-state index contributed by atoms with van der Waals surface area (Å²) in [6, 6.07) is 6.07. The molecule has 3 rings (SSSR count). The lowest BCUT2D eigenvalue weighted by atomic mass is 10.0. The van der Waals surface area contributed by atoms with E-state index >= 15 is 0 Å². The fraction of sp³-hybridized carbons (Fsp3) is 0.571. The molecule has 3 nitrogen and oxygen atoms in total. The van der Waals surface area contributed by atoms with Gasteiger partial charge in [-0.15, -0.1) is 0 Å². The summed E-state index contributed by atoms with van der Waals surface area (Å²) < 4.78 is 11.4. The Balaban J connectivity index is 1.88. The minimum Gasteiger partial charge on any atom is -0.493 e. The molecule has 0 bridgehead atoms. The Kier molecular flexibility index (Phi) is 2.51. The van der Waals surface area contributed by atoms with Crippen LogP contribution in [0.2, 0.25) is 0 Å². The number of benzene rings is 1. The van der Waals surface area contributed by atoms with E-state index in [4.69, 9.17) is 15.2 Å². The third kappa shape index (κ3) is 2.39. The molecule has 2 saturated carbocycles. The highest BCUT2D eigenvalue weighted by atomic mass is 16.5. The van der Waals surface area contributed by atoms with E-state index in [1.165, 1.54) is 5.56 Å². The van der Waals surface area contributed by atoms with Gasteiger partial charge in [-0.05, 0) is 43.7 Å². The summed E-state index contributed by atoms with van der Waals surface area (Å²) in [5.41, 5.74) is 7.39. The normalized spacial score (nSPS) is 21.1. The smallest absolute Gasteiger partial charge is 0.164 e. The van der Waals surface area contributed by atoms with Crippen LogP contribution in [0.1, 0.15) is 31.2 Å². The molecule has 0 atom stereocenters. The lowest BCUT2D eigenvalue weighted by Gasteiger charge is -2.17. The van der Waals surface area contributed by atoms with Crippen molar-refractivity contribution in [3.63, 3.8) is 0 Å². The van der Waals surface area contributed by atoms with Crippen LogP contribution < -0.4 is 15.2 Å². The van der Waals surface area contributed by atoms with Crippen LogP contribution in [0.4, 0.5) is 0 Å². The molecule has 2 aliphatic carbocycles. The summed E-state index contributed by atoms with van der Waals surface area (Å²) >= 11 is 0. The van der Waals surface area contributed by atoms with Crippen LogP contribution >= 0.6 is 0 Å². The van der Waals surface area contributed by atoms with E-state index in [0.29, 0.717) is 6.10 Å². The molecule has 0 aromatic heterocycles. The molecule has 0 aliphatic heterocycles. The first kappa shape index (κ1) is 10.9. The summed E-state index contributed by atoms with van der Waals surface area (Å²) in [5.74, 6) is 1.74. The second kappa shape index (κ2) is 3.91. The van der Waals surface area contributed by atoms with E-state index in [-0.39, 0.29) is 5.54 Å². The Bertz CT molecular complexity index is 422. The van der Waals surface area contributed by atoms with Crippen LogP contribution in [0.3, 0.4) is 0 Å². The summed E-state index contributed by atoms with van der Waals surface area (Å²) in [7, 11) is 1.69. The van der Waals surface area contributed by atoms with Gasteiger partial charge in [-0.1, -0.05) is 12.1 Å². The predicted molar refractivity (Wildman–Crippen MR) is 66.5 cm³/mol. The molecule has 0 saturated heterocycles. The van der Waals surface area contributed by atoms with Gasteiger partial charge in [-0.25, -0.2) is 0 Å². The molecular formula is C14H19NO2. The molecular weight excluding hydrogens is 214 g/mol. The minimum absolute atomic E-state index is 0.00796. The summed E-state index contributed by atoms with van der Waals surface area (Å²) in [4.78, 5) is 0. The van der Waals surface area contributed by atoms with Crippen LogP contribution in [-0.4, -0.2) is 18.8 Å². The highest BCUT2D eigenvalue weighted by molar-refractivity contribution is 5.48. The van der Waals surface area contributed by atoms with Crippen molar-refractivity contribution >= 4 is 0 Å². The first-order chi connectivity index (χ1) is 8.20. The van der Waals surface area contributed by atoms with Gasteiger partial charge < -0.3 is 15.2 Å². The van der Waals surface area contributed by atoms with Gasteiger partial charge in [0.1, 0.15) is 0 Å².